The number of carboxylic acid groups (broad SMARTS) is 1. The maximum absolute atomic E-state index is 13.8. The molecule has 0 amide bonds. The molecule has 0 aliphatic heterocycles. The van der Waals surface area contributed by atoms with Crippen molar-refractivity contribution in [1.29, 1.82) is 0 Å². The fourth-order valence-corrected chi connectivity index (χ4v) is 1.78. The highest BCUT2D eigenvalue weighted by molar-refractivity contribution is 5.70. The summed E-state index contributed by atoms with van der Waals surface area (Å²) in [5.74, 6) is -2.91. The summed E-state index contributed by atoms with van der Waals surface area (Å²) >= 11 is 0. The second-order valence-corrected chi connectivity index (χ2v) is 5.08. The molecule has 20 heavy (non-hydrogen) atoms. The Bertz CT molecular complexity index is 466. The minimum absolute atomic E-state index is 0.172. The summed E-state index contributed by atoms with van der Waals surface area (Å²) in [6.07, 6.45) is 0. The molecule has 0 fully saturated rings. The summed E-state index contributed by atoms with van der Waals surface area (Å²) < 4.78 is 26.8. The lowest BCUT2D eigenvalue weighted by Crippen LogP contribution is -2.37. The summed E-state index contributed by atoms with van der Waals surface area (Å²) in [6.45, 7) is 2.84. The van der Waals surface area contributed by atoms with Crippen molar-refractivity contribution in [3.05, 3.63) is 29.8 Å². The van der Waals surface area contributed by atoms with E-state index in [0.29, 0.717) is 13.1 Å². The first-order chi connectivity index (χ1) is 9.31. The number of halogens is 2. The van der Waals surface area contributed by atoms with Crippen LogP contribution in [0.2, 0.25) is 0 Å². The van der Waals surface area contributed by atoms with Gasteiger partial charge in [-0.25, -0.2) is 8.78 Å². The number of carboxylic acids is 1. The number of nitrogens with zero attached hydrogens (tertiary/aromatic N) is 2. The number of carbonyl (C=O) groups is 1. The van der Waals surface area contributed by atoms with Crippen LogP contribution in [-0.4, -0.2) is 49.7 Å². The Morgan fingerprint density at radius 2 is 1.95 bits per heavy atom. The molecule has 0 saturated heterocycles. The molecular formula is C14H20F2N2O2. The molecule has 0 spiro atoms. The lowest BCUT2D eigenvalue weighted by molar-refractivity contribution is -0.140. The number of hydrogen-bond acceptors (Lipinski definition) is 3. The fraction of sp³-hybridized carbons (Fsp3) is 0.500. The molecule has 0 heterocycles. The molecule has 0 aliphatic carbocycles. The van der Waals surface area contributed by atoms with Crippen LogP contribution in [0, 0.1) is 17.6 Å². The van der Waals surface area contributed by atoms with Gasteiger partial charge < -0.3 is 14.9 Å². The van der Waals surface area contributed by atoms with Crippen molar-refractivity contribution in [2.24, 2.45) is 5.92 Å². The number of anilines is 1. The summed E-state index contributed by atoms with van der Waals surface area (Å²) in [6, 6.07) is 3.32. The molecule has 6 heteroatoms. The van der Waals surface area contributed by atoms with Gasteiger partial charge in [0.05, 0.1) is 11.6 Å². The van der Waals surface area contributed by atoms with Crippen molar-refractivity contribution in [3.63, 3.8) is 0 Å². The molecule has 1 aromatic carbocycles. The average Bonchev–Trinajstić information content (AvgIpc) is 2.34. The Morgan fingerprint density at radius 1 is 1.30 bits per heavy atom. The number of likely N-dealkylation sites (N-methyl/N-ethyl adjacent to an activating group) is 1. The normalized spacial score (nSPS) is 12.5. The SMILES string of the molecule is CC(CN(CCN(C)C)c1ccc(F)cc1F)C(=O)O. The van der Waals surface area contributed by atoms with Gasteiger partial charge >= 0.3 is 5.97 Å². The van der Waals surface area contributed by atoms with E-state index in [0.717, 1.165) is 6.07 Å². The van der Waals surface area contributed by atoms with Crippen molar-refractivity contribution in [1.82, 2.24) is 4.90 Å². The Balaban J connectivity index is 2.93. The molecule has 1 unspecified atom stereocenters. The van der Waals surface area contributed by atoms with Crippen molar-refractivity contribution >= 4 is 11.7 Å². The van der Waals surface area contributed by atoms with Gasteiger partial charge in [-0.2, -0.15) is 0 Å². The smallest absolute Gasteiger partial charge is 0.308 e. The summed E-state index contributed by atoms with van der Waals surface area (Å²) in [4.78, 5) is 14.5. The second-order valence-electron chi connectivity index (χ2n) is 5.08. The van der Waals surface area contributed by atoms with Crippen LogP contribution >= 0.6 is 0 Å². The zero-order chi connectivity index (χ0) is 15.3. The predicted molar refractivity (Wildman–Crippen MR) is 73.9 cm³/mol. The molecule has 1 rings (SSSR count). The van der Waals surface area contributed by atoms with E-state index >= 15 is 0 Å². The van der Waals surface area contributed by atoms with Crippen molar-refractivity contribution in [2.45, 2.75) is 6.92 Å². The van der Waals surface area contributed by atoms with E-state index in [9.17, 15) is 13.6 Å². The Hall–Kier alpha value is -1.69. The highest BCUT2D eigenvalue weighted by Crippen LogP contribution is 2.21. The third-order valence-electron chi connectivity index (χ3n) is 2.98. The predicted octanol–water partition coefficient (Wildman–Crippen LogP) is 2.05. The molecule has 0 radical (unpaired) electrons. The van der Waals surface area contributed by atoms with Crippen molar-refractivity contribution in [2.75, 3.05) is 38.6 Å². The molecule has 0 aromatic heterocycles. The molecule has 1 N–H and O–H groups in total. The topological polar surface area (TPSA) is 43.8 Å². The van der Waals surface area contributed by atoms with Crippen LogP contribution < -0.4 is 4.90 Å². The van der Waals surface area contributed by atoms with Crippen LogP contribution in [0.5, 0.6) is 0 Å². The number of benzene rings is 1. The highest BCUT2D eigenvalue weighted by Gasteiger charge is 2.19. The first-order valence-corrected chi connectivity index (χ1v) is 6.38. The molecule has 4 nitrogen and oxygen atoms in total. The minimum Gasteiger partial charge on any atom is -0.481 e. The average molecular weight is 286 g/mol. The number of aliphatic carboxylic acids is 1. The largest absolute Gasteiger partial charge is 0.481 e. The Labute approximate surface area is 117 Å². The Kier molecular flexibility index (Phi) is 5.88. The molecule has 1 aromatic rings. The van der Waals surface area contributed by atoms with Gasteiger partial charge in [-0.1, -0.05) is 6.92 Å². The van der Waals surface area contributed by atoms with Gasteiger partial charge in [-0.05, 0) is 26.2 Å². The molecule has 0 saturated carbocycles. The quantitative estimate of drug-likeness (QED) is 0.833. The molecule has 0 aliphatic rings. The maximum atomic E-state index is 13.8. The molecule has 1 atom stereocenters. The van der Waals surface area contributed by atoms with Gasteiger partial charge in [-0.3, -0.25) is 4.79 Å². The monoisotopic (exact) mass is 286 g/mol. The molecule has 112 valence electrons. The lowest BCUT2D eigenvalue weighted by Gasteiger charge is -2.28. The zero-order valence-corrected chi connectivity index (χ0v) is 11.9. The van der Waals surface area contributed by atoms with E-state index in [1.54, 1.807) is 11.8 Å². The minimum atomic E-state index is -0.942. The second kappa shape index (κ2) is 7.19. The molecule has 0 bridgehead atoms. The van der Waals surface area contributed by atoms with E-state index < -0.39 is 23.5 Å². The third-order valence-corrected chi connectivity index (χ3v) is 2.98. The van der Waals surface area contributed by atoms with E-state index in [1.165, 1.54) is 12.1 Å². The highest BCUT2D eigenvalue weighted by atomic mass is 19.1. The third kappa shape index (κ3) is 4.77. The number of rotatable bonds is 7. The van der Waals surface area contributed by atoms with E-state index in [-0.39, 0.29) is 12.2 Å². The van der Waals surface area contributed by atoms with Crippen LogP contribution in [0.3, 0.4) is 0 Å². The van der Waals surface area contributed by atoms with E-state index in [2.05, 4.69) is 0 Å². The zero-order valence-electron chi connectivity index (χ0n) is 11.9. The van der Waals surface area contributed by atoms with Gasteiger partial charge in [0.25, 0.3) is 0 Å². The number of hydrogen-bond donors (Lipinski definition) is 1. The van der Waals surface area contributed by atoms with Gasteiger partial charge in [-0.15, -0.1) is 0 Å². The van der Waals surface area contributed by atoms with Crippen molar-refractivity contribution < 1.29 is 18.7 Å². The van der Waals surface area contributed by atoms with Gasteiger partial charge in [0.1, 0.15) is 11.6 Å². The van der Waals surface area contributed by atoms with Crippen LogP contribution in [0.25, 0.3) is 0 Å². The lowest BCUT2D eigenvalue weighted by atomic mass is 10.1. The summed E-state index contributed by atoms with van der Waals surface area (Å²) in [5, 5.41) is 8.98. The summed E-state index contributed by atoms with van der Waals surface area (Å²) in [7, 11) is 3.75. The first-order valence-electron chi connectivity index (χ1n) is 6.38. The maximum Gasteiger partial charge on any atom is 0.308 e. The standard InChI is InChI=1S/C14H20F2N2O2/c1-10(14(19)20)9-18(7-6-17(2)3)13-5-4-11(15)8-12(13)16/h4-5,8,10H,6-7,9H2,1-3H3,(H,19,20). The molecular weight excluding hydrogens is 266 g/mol. The van der Waals surface area contributed by atoms with Crippen LogP contribution in [0.1, 0.15) is 6.92 Å². The van der Waals surface area contributed by atoms with Crippen LogP contribution in [0.4, 0.5) is 14.5 Å². The van der Waals surface area contributed by atoms with Crippen molar-refractivity contribution in [3.8, 4) is 0 Å². The Morgan fingerprint density at radius 3 is 2.45 bits per heavy atom. The van der Waals surface area contributed by atoms with E-state index in [4.69, 9.17) is 5.11 Å². The van der Waals surface area contributed by atoms with Crippen LogP contribution in [0.15, 0.2) is 18.2 Å². The first kappa shape index (κ1) is 16.4. The summed E-state index contributed by atoms with van der Waals surface area (Å²) in [5.41, 5.74) is 0.223. The van der Waals surface area contributed by atoms with Gasteiger partial charge in [0.15, 0.2) is 0 Å². The van der Waals surface area contributed by atoms with Gasteiger partial charge in [0.2, 0.25) is 0 Å². The van der Waals surface area contributed by atoms with E-state index in [1.807, 2.05) is 19.0 Å². The fourth-order valence-electron chi connectivity index (χ4n) is 1.78. The van der Waals surface area contributed by atoms with Crippen LogP contribution in [-0.2, 0) is 4.79 Å². The van der Waals surface area contributed by atoms with Gasteiger partial charge in [0, 0.05) is 25.7 Å².